The third-order valence-electron chi connectivity index (χ3n) is 1.60. The number of aromatic hydroxyl groups is 1. The lowest BCUT2D eigenvalue weighted by atomic mass is 10.1. The molecular weight excluding hydrogens is 267 g/mol. The minimum absolute atomic E-state index is 0.0576. The molecule has 0 aliphatic heterocycles. The van der Waals surface area contributed by atoms with Crippen LogP contribution >= 0.6 is 22.6 Å². The molecule has 0 aliphatic rings. The first-order valence-corrected chi connectivity index (χ1v) is 5.13. The standard InChI is InChI=1S/C9H9IO2/c10-4-3-7-1-2-9(12)8(5-7)6-11/h1-2,5-6,12H,3-4H2. The number of carbonyl (C=O) groups excluding carboxylic acids is 1. The Balaban J connectivity index is 2.96. The first-order valence-electron chi connectivity index (χ1n) is 3.61. The number of carbonyl (C=O) groups is 1. The predicted octanol–water partition coefficient (Wildman–Crippen LogP) is 2.18. The average molecular weight is 276 g/mol. The van der Waals surface area contributed by atoms with Gasteiger partial charge in [0.05, 0.1) is 5.56 Å². The van der Waals surface area contributed by atoms with E-state index in [9.17, 15) is 9.90 Å². The summed E-state index contributed by atoms with van der Waals surface area (Å²) >= 11 is 2.27. The molecule has 1 aromatic carbocycles. The second-order valence-corrected chi connectivity index (χ2v) is 3.53. The average Bonchev–Trinajstić information content (AvgIpc) is 2.09. The number of phenols is 1. The van der Waals surface area contributed by atoms with Crippen molar-refractivity contribution in [2.45, 2.75) is 6.42 Å². The quantitative estimate of drug-likeness (QED) is 0.522. The van der Waals surface area contributed by atoms with Gasteiger partial charge in [0.25, 0.3) is 0 Å². The molecule has 0 unspecified atom stereocenters. The molecule has 0 spiro atoms. The van der Waals surface area contributed by atoms with Crippen LogP contribution in [-0.4, -0.2) is 15.8 Å². The summed E-state index contributed by atoms with van der Waals surface area (Å²) in [4.78, 5) is 10.4. The lowest BCUT2D eigenvalue weighted by molar-refractivity contribution is 0.112. The molecule has 64 valence electrons. The highest BCUT2D eigenvalue weighted by Gasteiger charge is 2.00. The van der Waals surface area contributed by atoms with Gasteiger partial charge in [-0.2, -0.15) is 0 Å². The van der Waals surface area contributed by atoms with E-state index >= 15 is 0 Å². The van der Waals surface area contributed by atoms with Gasteiger partial charge in [0.15, 0.2) is 6.29 Å². The summed E-state index contributed by atoms with van der Waals surface area (Å²) in [6, 6.07) is 5.12. The molecule has 12 heavy (non-hydrogen) atoms. The molecule has 1 aromatic rings. The molecule has 0 atom stereocenters. The number of benzene rings is 1. The van der Waals surface area contributed by atoms with Gasteiger partial charge in [0.2, 0.25) is 0 Å². The minimum Gasteiger partial charge on any atom is -0.507 e. The summed E-state index contributed by atoms with van der Waals surface area (Å²) in [6.07, 6.45) is 1.60. The van der Waals surface area contributed by atoms with Gasteiger partial charge in [0, 0.05) is 4.43 Å². The van der Waals surface area contributed by atoms with Crippen molar-refractivity contribution in [2.24, 2.45) is 0 Å². The third-order valence-corrected chi connectivity index (χ3v) is 2.14. The molecule has 0 aromatic heterocycles. The van der Waals surface area contributed by atoms with Crippen molar-refractivity contribution in [1.29, 1.82) is 0 Å². The molecule has 0 bridgehead atoms. The predicted molar refractivity (Wildman–Crippen MR) is 56.1 cm³/mol. The van der Waals surface area contributed by atoms with Crippen molar-refractivity contribution in [3.8, 4) is 5.75 Å². The molecule has 0 aliphatic carbocycles. The van der Waals surface area contributed by atoms with Gasteiger partial charge in [-0.15, -0.1) is 0 Å². The molecule has 2 nitrogen and oxygen atoms in total. The second-order valence-electron chi connectivity index (χ2n) is 2.45. The fourth-order valence-corrected chi connectivity index (χ4v) is 1.59. The van der Waals surface area contributed by atoms with Crippen LogP contribution in [0.3, 0.4) is 0 Å². The molecule has 0 radical (unpaired) electrons. The maximum absolute atomic E-state index is 10.4. The van der Waals surface area contributed by atoms with Crippen molar-refractivity contribution >= 4 is 28.9 Å². The number of hydrogen-bond donors (Lipinski definition) is 1. The Morgan fingerprint density at radius 2 is 2.25 bits per heavy atom. The lowest BCUT2D eigenvalue weighted by Gasteiger charge is -2.00. The molecule has 0 amide bonds. The molecule has 0 fully saturated rings. The first kappa shape index (κ1) is 9.51. The van der Waals surface area contributed by atoms with Crippen LogP contribution in [0.1, 0.15) is 15.9 Å². The van der Waals surface area contributed by atoms with Crippen molar-refractivity contribution in [3.05, 3.63) is 29.3 Å². The number of rotatable bonds is 3. The molecule has 1 N–H and O–H groups in total. The molecule has 0 heterocycles. The largest absolute Gasteiger partial charge is 0.507 e. The van der Waals surface area contributed by atoms with Gasteiger partial charge in [-0.1, -0.05) is 28.7 Å². The fourth-order valence-electron chi connectivity index (χ4n) is 0.963. The Morgan fingerprint density at radius 3 is 2.83 bits per heavy atom. The second kappa shape index (κ2) is 4.45. The van der Waals surface area contributed by atoms with Crippen LogP contribution in [0.15, 0.2) is 18.2 Å². The summed E-state index contributed by atoms with van der Waals surface area (Å²) < 4.78 is 1.01. The van der Waals surface area contributed by atoms with Crippen LogP contribution < -0.4 is 0 Å². The van der Waals surface area contributed by atoms with E-state index in [0.29, 0.717) is 11.8 Å². The Morgan fingerprint density at radius 1 is 1.50 bits per heavy atom. The van der Waals surface area contributed by atoms with Crippen LogP contribution in [0.2, 0.25) is 0 Å². The molecule has 0 saturated carbocycles. The van der Waals surface area contributed by atoms with Gasteiger partial charge < -0.3 is 5.11 Å². The molecule has 0 saturated heterocycles. The molecular formula is C9H9IO2. The zero-order valence-corrected chi connectivity index (χ0v) is 8.61. The number of phenolic OH excluding ortho intramolecular Hbond substituents is 1. The third kappa shape index (κ3) is 2.20. The number of hydrogen-bond acceptors (Lipinski definition) is 2. The number of aldehydes is 1. The van der Waals surface area contributed by atoms with Crippen molar-refractivity contribution in [1.82, 2.24) is 0 Å². The van der Waals surface area contributed by atoms with Crippen molar-refractivity contribution in [2.75, 3.05) is 4.43 Å². The van der Waals surface area contributed by atoms with E-state index in [2.05, 4.69) is 22.6 Å². The Hall–Kier alpha value is -0.580. The zero-order valence-electron chi connectivity index (χ0n) is 6.46. The Labute approximate surface area is 84.7 Å². The maximum atomic E-state index is 10.4. The van der Waals surface area contributed by atoms with E-state index in [1.165, 1.54) is 0 Å². The Kier molecular flexibility index (Phi) is 3.52. The van der Waals surface area contributed by atoms with Gasteiger partial charge in [-0.25, -0.2) is 0 Å². The smallest absolute Gasteiger partial charge is 0.153 e. The van der Waals surface area contributed by atoms with E-state index < -0.39 is 0 Å². The number of aryl methyl sites for hydroxylation is 1. The normalized spacial score (nSPS) is 9.75. The summed E-state index contributed by atoms with van der Waals surface area (Å²) in [5.74, 6) is 0.0576. The van der Waals surface area contributed by atoms with Gasteiger partial charge in [-0.3, -0.25) is 4.79 Å². The molecule has 1 rings (SSSR count). The van der Waals surface area contributed by atoms with Gasteiger partial charge >= 0.3 is 0 Å². The topological polar surface area (TPSA) is 37.3 Å². The number of alkyl halides is 1. The molecule has 3 heteroatoms. The fraction of sp³-hybridized carbons (Fsp3) is 0.222. The maximum Gasteiger partial charge on any atom is 0.153 e. The SMILES string of the molecule is O=Cc1cc(CCI)ccc1O. The van der Waals surface area contributed by atoms with E-state index in [0.717, 1.165) is 16.4 Å². The minimum atomic E-state index is 0.0576. The van der Waals surface area contributed by atoms with Crippen LogP contribution in [-0.2, 0) is 6.42 Å². The van der Waals surface area contributed by atoms with E-state index in [1.807, 2.05) is 6.07 Å². The van der Waals surface area contributed by atoms with E-state index in [1.54, 1.807) is 12.1 Å². The summed E-state index contributed by atoms with van der Waals surface area (Å²) in [6.45, 7) is 0. The van der Waals surface area contributed by atoms with Gasteiger partial charge in [-0.05, 0) is 24.1 Å². The van der Waals surface area contributed by atoms with Gasteiger partial charge in [0.1, 0.15) is 5.75 Å². The van der Waals surface area contributed by atoms with E-state index in [4.69, 9.17) is 0 Å². The van der Waals surface area contributed by atoms with E-state index in [-0.39, 0.29) is 5.75 Å². The first-order chi connectivity index (χ1) is 5.77. The van der Waals surface area contributed by atoms with Crippen molar-refractivity contribution < 1.29 is 9.90 Å². The van der Waals surface area contributed by atoms with Crippen LogP contribution in [0, 0.1) is 0 Å². The van der Waals surface area contributed by atoms with Crippen LogP contribution in [0.25, 0.3) is 0 Å². The Bertz CT molecular complexity index is 284. The highest BCUT2D eigenvalue weighted by Crippen LogP contribution is 2.16. The lowest BCUT2D eigenvalue weighted by Crippen LogP contribution is -1.88. The summed E-state index contributed by atoms with van der Waals surface area (Å²) in [5, 5.41) is 9.17. The highest BCUT2D eigenvalue weighted by atomic mass is 127. The van der Waals surface area contributed by atoms with Crippen LogP contribution in [0.4, 0.5) is 0 Å². The van der Waals surface area contributed by atoms with Crippen LogP contribution in [0.5, 0.6) is 5.75 Å². The summed E-state index contributed by atoms with van der Waals surface area (Å²) in [5.41, 5.74) is 1.46. The zero-order chi connectivity index (χ0) is 8.97. The van der Waals surface area contributed by atoms with Crippen molar-refractivity contribution in [3.63, 3.8) is 0 Å². The number of halogens is 1. The summed E-state index contributed by atoms with van der Waals surface area (Å²) in [7, 11) is 0. The monoisotopic (exact) mass is 276 g/mol. The highest BCUT2D eigenvalue weighted by molar-refractivity contribution is 14.1.